The molecule has 5 atom stereocenters. The summed E-state index contributed by atoms with van der Waals surface area (Å²) < 4.78 is 37.4. The highest BCUT2D eigenvalue weighted by atomic mass is 35.6. The maximum Gasteiger partial charge on any atom is 0.508 e. The quantitative estimate of drug-likeness (QED) is 0.0813. The summed E-state index contributed by atoms with van der Waals surface area (Å²) in [7, 11) is 0. The van der Waals surface area contributed by atoms with Crippen LogP contribution in [-0.2, 0) is 49.4 Å². The Morgan fingerprint density at radius 3 is 1.85 bits per heavy atom. The lowest BCUT2D eigenvalue weighted by Gasteiger charge is -2.44. The van der Waals surface area contributed by atoms with Gasteiger partial charge in [0.05, 0.1) is 6.61 Å². The highest BCUT2D eigenvalue weighted by Gasteiger charge is 2.53. The van der Waals surface area contributed by atoms with E-state index in [0.29, 0.717) is 0 Å². The molecule has 11 nitrogen and oxygen atoms in total. The van der Waals surface area contributed by atoms with E-state index >= 15 is 0 Å². The van der Waals surface area contributed by atoms with E-state index in [-0.39, 0.29) is 19.1 Å². The fourth-order valence-electron chi connectivity index (χ4n) is 5.68. The molecule has 0 aromatic heterocycles. The van der Waals surface area contributed by atoms with Gasteiger partial charge in [-0.1, -0.05) is 114 Å². The first kappa shape index (κ1) is 35.4. The van der Waals surface area contributed by atoms with Gasteiger partial charge in [0, 0.05) is 19.8 Å². The van der Waals surface area contributed by atoms with Crippen LogP contribution in [0.3, 0.4) is 0 Å². The van der Waals surface area contributed by atoms with E-state index in [2.05, 4.69) is 0 Å². The third kappa shape index (κ3) is 8.58. The van der Waals surface area contributed by atoms with Crippen LogP contribution in [0.15, 0.2) is 78.9 Å². The molecule has 1 fully saturated rings. The van der Waals surface area contributed by atoms with Crippen LogP contribution in [0.4, 0.5) is 4.79 Å². The largest absolute Gasteiger partial charge is 0.508 e. The molecule has 48 heavy (non-hydrogen) atoms. The minimum absolute atomic E-state index is 0.00304. The Morgan fingerprint density at radius 1 is 0.729 bits per heavy atom. The molecule has 14 heteroatoms. The third-order valence-electron chi connectivity index (χ3n) is 7.67. The maximum absolute atomic E-state index is 13.0. The van der Waals surface area contributed by atoms with Crippen molar-refractivity contribution in [2.75, 3.05) is 13.2 Å². The molecule has 0 amide bonds. The van der Waals surface area contributed by atoms with E-state index in [4.69, 9.17) is 73.4 Å². The van der Waals surface area contributed by atoms with Gasteiger partial charge in [0.1, 0.15) is 25.4 Å². The topological polar surface area (TPSA) is 140 Å². The fraction of sp³-hybridized carbons (Fsp3) is 0.353. The Morgan fingerprint density at radius 2 is 1.27 bits per heavy atom. The SMILES string of the molecule is CC(=O)OC1C(OC(=N)C(Cl)(Cl)Cl)OC(COC(=O)OCC2c3ccccc3-c3ccccc32)C(OCc2ccccc2)C1OC(C)=O. The number of alkyl halides is 3. The normalized spacial score (nSPS) is 21.7. The molecule has 3 aromatic rings. The van der Waals surface area contributed by atoms with Gasteiger partial charge in [0.25, 0.3) is 3.79 Å². The lowest BCUT2D eigenvalue weighted by Crippen LogP contribution is -2.63. The summed E-state index contributed by atoms with van der Waals surface area (Å²) in [6, 6.07) is 24.8. The number of fused-ring (bicyclic) bond motifs is 3. The third-order valence-corrected chi connectivity index (χ3v) is 8.18. The predicted octanol–water partition coefficient (Wildman–Crippen LogP) is 6.49. The first-order valence-corrected chi connectivity index (χ1v) is 16.0. The van der Waals surface area contributed by atoms with Crippen LogP contribution in [0.5, 0.6) is 0 Å². The molecule has 0 radical (unpaired) electrons. The van der Waals surface area contributed by atoms with Gasteiger partial charge in [-0.05, 0) is 27.8 Å². The Labute approximate surface area is 291 Å². The average Bonchev–Trinajstić information content (AvgIpc) is 3.37. The molecule has 1 aliphatic heterocycles. The number of nitrogens with one attached hydrogen (secondary N) is 1. The molecule has 0 bridgehead atoms. The highest BCUT2D eigenvalue weighted by molar-refractivity contribution is 6.76. The van der Waals surface area contributed by atoms with Crippen molar-refractivity contribution in [1.29, 1.82) is 5.41 Å². The lowest BCUT2D eigenvalue weighted by atomic mass is 9.98. The number of rotatable bonds is 10. The van der Waals surface area contributed by atoms with Gasteiger partial charge in [-0.25, -0.2) is 4.79 Å². The minimum atomic E-state index is -2.31. The Bertz CT molecular complexity index is 1590. The van der Waals surface area contributed by atoms with E-state index in [0.717, 1.165) is 41.7 Å². The number of benzene rings is 3. The molecule has 1 aliphatic carbocycles. The van der Waals surface area contributed by atoms with Crippen LogP contribution in [-0.4, -0.2) is 71.7 Å². The van der Waals surface area contributed by atoms with Gasteiger partial charge < -0.3 is 33.2 Å². The number of carbonyl (C=O) groups excluding carboxylic acids is 3. The highest BCUT2D eigenvalue weighted by Crippen LogP contribution is 2.44. The molecule has 0 saturated carbocycles. The molecule has 1 heterocycles. The molecule has 0 spiro atoms. The summed E-state index contributed by atoms with van der Waals surface area (Å²) in [6.07, 6.45) is -7.88. The van der Waals surface area contributed by atoms with Gasteiger partial charge in [0.15, 0.2) is 6.10 Å². The zero-order valence-corrected chi connectivity index (χ0v) is 28.1. The van der Waals surface area contributed by atoms with Crippen LogP contribution in [0, 0.1) is 5.41 Å². The summed E-state index contributed by atoms with van der Waals surface area (Å²) in [4.78, 5) is 37.5. The number of carbonyl (C=O) groups is 3. The molecule has 5 rings (SSSR count). The van der Waals surface area contributed by atoms with Crippen LogP contribution in [0.1, 0.15) is 36.5 Å². The maximum atomic E-state index is 13.0. The van der Waals surface area contributed by atoms with Crippen molar-refractivity contribution in [1.82, 2.24) is 0 Å². The van der Waals surface area contributed by atoms with Gasteiger partial charge in [0.2, 0.25) is 18.3 Å². The van der Waals surface area contributed by atoms with Crippen molar-refractivity contribution >= 4 is 58.8 Å². The smallest absolute Gasteiger partial charge is 0.455 e. The molecule has 2 aliphatic rings. The van der Waals surface area contributed by atoms with E-state index in [9.17, 15) is 14.4 Å². The van der Waals surface area contributed by atoms with Crippen LogP contribution in [0.2, 0.25) is 0 Å². The molecule has 5 unspecified atom stereocenters. The Kier molecular flexibility index (Phi) is 11.5. The zero-order chi connectivity index (χ0) is 34.4. The molecular weight excluding hydrogens is 689 g/mol. The monoisotopic (exact) mass is 719 g/mol. The second kappa shape index (κ2) is 15.6. The van der Waals surface area contributed by atoms with E-state index in [1.807, 2.05) is 78.9 Å². The molecule has 1 saturated heterocycles. The molecule has 3 aromatic carbocycles. The number of esters is 2. The Hall–Kier alpha value is -3.87. The van der Waals surface area contributed by atoms with E-state index in [1.165, 1.54) is 0 Å². The van der Waals surface area contributed by atoms with E-state index in [1.54, 1.807) is 0 Å². The second-order valence-electron chi connectivity index (χ2n) is 11.0. The zero-order valence-electron chi connectivity index (χ0n) is 25.8. The summed E-state index contributed by atoms with van der Waals surface area (Å²) in [6.45, 7) is 1.80. The van der Waals surface area contributed by atoms with Crippen molar-refractivity contribution in [2.45, 2.75) is 60.9 Å². The van der Waals surface area contributed by atoms with Crippen LogP contribution in [0.25, 0.3) is 11.1 Å². The number of halogens is 3. The van der Waals surface area contributed by atoms with E-state index < -0.39 is 65.1 Å². The minimum Gasteiger partial charge on any atom is -0.455 e. The van der Waals surface area contributed by atoms with Gasteiger partial charge in [-0.2, -0.15) is 0 Å². The number of hydrogen-bond acceptors (Lipinski definition) is 11. The van der Waals surface area contributed by atoms with Gasteiger partial charge in [-0.3, -0.25) is 15.0 Å². The average molecular weight is 721 g/mol. The van der Waals surface area contributed by atoms with Gasteiger partial charge in [-0.15, -0.1) is 0 Å². The van der Waals surface area contributed by atoms with Crippen LogP contribution >= 0.6 is 34.8 Å². The number of ether oxygens (including phenoxy) is 7. The summed E-state index contributed by atoms with van der Waals surface area (Å²) in [5, 5.41) is 8.09. The van der Waals surface area contributed by atoms with Gasteiger partial charge >= 0.3 is 18.1 Å². The fourth-order valence-corrected chi connectivity index (χ4v) is 5.82. The summed E-state index contributed by atoms with van der Waals surface area (Å²) in [5.74, 6) is -2.61. The standard InChI is InChI=1S/C34H32Cl3NO10/c1-19(39)45-29-28(42-16-21-10-4-3-5-11-21)27(47-31(30(29)46-20(2)40)48-32(38)34(35,36)37)18-44-33(41)43-17-26-24-14-8-6-12-22(24)23-13-7-9-15-25(23)26/h3-15,26-31,38H,16-18H2,1-2H3. The Balaban J connectivity index is 1.36. The predicted molar refractivity (Wildman–Crippen MR) is 175 cm³/mol. The number of hydrogen-bond donors (Lipinski definition) is 1. The van der Waals surface area contributed by atoms with Crippen molar-refractivity contribution in [3.8, 4) is 11.1 Å². The molecule has 254 valence electrons. The first-order chi connectivity index (χ1) is 22.9. The van der Waals surface area contributed by atoms with Crippen molar-refractivity contribution in [3.63, 3.8) is 0 Å². The van der Waals surface area contributed by atoms with Crippen LogP contribution < -0.4 is 0 Å². The van der Waals surface area contributed by atoms with Crippen molar-refractivity contribution in [2.24, 2.45) is 0 Å². The second-order valence-corrected chi connectivity index (χ2v) is 13.3. The first-order valence-electron chi connectivity index (χ1n) is 14.9. The summed E-state index contributed by atoms with van der Waals surface area (Å²) in [5.41, 5.74) is 4.93. The lowest BCUT2D eigenvalue weighted by molar-refractivity contribution is -0.297. The molecule has 1 N–H and O–H groups in total. The molecular formula is C34H32Cl3NO10. The van der Waals surface area contributed by atoms with Crippen molar-refractivity contribution in [3.05, 3.63) is 95.6 Å². The van der Waals surface area contributed by atoms with Crippen molar-refractivity contribution < 1.29 is 47.5 Å². The summed E-state index contributed by atoms with van der Waals surface area (Å²) >= 11 is 17.5.